The average molecular weight is 244 g/mol. The first-order valence-corrected chi connectivity index (χ1v) is 6.17. The molecule has 3 heteroatoms. The summed E-state index contributed by atoms with van der Waals surface area (Å²) in [7, 11) is 0. The molecule has 1 N–H and O–H groups in total. The number of benzene rings is 1. The highest BCUT2D eigenvalue weighted by atomic mass is 16.3. The molecule has 0 radical (unpaired) electrons. The van der Waals surface area contributed by atoms with Gasteiger partial charge in [0.2, 0.25) is 5.88 Å². The molecule has 3 nitrogen and oxygen atoms in total. The van der Waals surface area contributed by atoms with Crippen LogP contribution in [0.4, 0.5) is 0 Å². The van der Waals surface area contributed by atoms with Crippen molar-refractivity contribution in [3.63, 3.8) is 0 Å². The molecule has 2 aromatic rings. The first kappa shape index (κ1) is 12.7. The molecule has 1 aromatic heterocycles. The van der Waals surface area contributed by atoms with Crippen molar-refractivity contribution in [2.45, 2.75) is 40.2 Å². The second kappa shape index (κ2) is 4.16. The van der Waals surface area contributed by atoms with Crippen molar-refractivity contribution in [1.29, 1.82) is 0 Å². The third-order valence-electron chi connectivity index (χ3n) is 3.02. The summed E-state index contributed by atoms with van der Waals surface area (Å²) in [6.07, 6.45) is 0. The molecular formula is C15H20N2O. The minimum Gasteiger partial charge on any atom is -0.492 e. The zero-order chi connectivity index (χ0) is 13.5. The van der Waals surface area contributed by atoms with Crippen LogP contribution in [0.1, 0.15) is 31.9 Å². The van der Waals surface area contributed by atoms with Crippen LogP contribution in [-0.4, -0.2) is 14.9 Å². The van der Waals surface area contributed by atoms with E-state index in [9.17, 15) is 5.11 Å². The Balaban J connectivity index is 2.70. The van der Waals surface area contributed by atoms with Crippen LogP contribution < -0.4 is 0 Å². The highest BCUT2D eigenvalue weighted by molar-refractivity contribution is 5.66. The number of rotatable bonds is 1. The Morgan fingerprint density at radius 1 is 1.17 bits per heavy atom. The van der Waals surface area contributed by atoms with Crippen molar-refractivity contribution < 1.29 is 5.11 Å². The van der Waals surface area contributed by atoms with Gasteiger partial charge < -0.3 is 5.11 Å². The first-order chi connectivity index (χ1) is 8.30. The highest BCUT2D eigenvalue weighted by Gasteiger charge is 2.23. The van der Waals surface area contributed by atoms with E-state index < -0.39 is 0 Å². The molecule has 0 saturated carbocycles. The van der Waals surface area contributed by atoms with Gasteiger partial charge in [-0.25, -0.2) is 0 Å². The molecule has 0 atom stereocenters. The lowest BCUT2D eigenvalue weighted by Gasteiger charge is -2.22. The molecular weight excluding hydrogens is 224 g/mol. The molecule has 0 aliphatic carbocycles. The SMILES string of the molecule is Cc1cccc(-c2c(C)c(O)nn2C(C)(C)C)c1. The lowest BCUT2D eigenvalue weighted by molar-refractivity contribution is 0.341. The van der Waals surface area contributed by atoms with Gasteiger partial charge in [0.15, 0.2) is 0 Å². The van der Waals surface area contributed by atoms with Gasteiger partial charge in [0.05, 0.1) is 11.2 Å². The van der Waals surface area contributed by atoms with E-state index in [2.05, 4.69) is 51.0 Å². The fraction of sp³-hybridized carbons (Fsp3) is 0.400. The van der Waals surface area contributed by atoms with Crippen molar-refractivity contribution in [3.8, 4) is 17.1 Å². The largest absolute Gasteiger partial charge is 0.492 e. The van der Waals surface area contributed by atoms with Gasteiger partial charge in [-0.15, -0.1) is 5.10 Å². The molecule has 0 aliphatic rings. The Kier molecular flexibility index (Phi) is 2.93. The van der Waals surface area contributed by atoms with Crippen LogP contribution in [0, 0.1) is 13.8 Å². The standard InChI is InChI=1S/C15H20N2O/c1-10-7-6-8-12(9-10)13-11(2)14(18)16-17(13)15(3,4)5/h6-9H,1-5H3,(H,16,18). The van der Waals surface area contributed by atoms with Gasteiger partial charge in [-0.05, 0) is 40.7 Å². The van der Waals surface area contributed by atoms with E-state index in [-0.39, 0.29) is 11.4 Å². The number of aromatic nitrogens is 2. The summed E-state index contributed by atoms with van der Waals surface area (Å²) in [6, 6.07) is 8.27. The maximum Gasteiger partial charge on any atom is 0.233 e. The minimum atomic E-state index is -0.162. The van der Waals surface area contributed by atoms with Crippen LogP contribution in [-0.2, 0) is 5.54 Å². The zero-order valence-electron chi connectivity index (χ0n) is 11.7. The third kappa shape index (κ3) is 2.13. The molecule has 0 saturated heterocycles. The van der Waals surface area contributed by atoms with Crippen LogP contribution in [0.25, 0.3) is 11.3 Å². The molecule has 0 amide bonds. The van der Waals surface area contributed by atoms with Gasteiger partial charge in [-0.1, -0.05) is 23.8 Å². The quantitative estimate of drug-likeness (QED) is 0.832. The van der Waals surface area contributed by atoms with E-state index in [1.807, 2.05) is 17.7 Å². The average Bonchev–Trinajstić information content (AvgIpc) is 2.55. The fourth-order valence-corrected chi connectivity index (χ4v) is 2.10. The van der Waals surface area contributed by atoms with Crippen LogP contribution >= 0.6 is 0 Å². The zero-order valence-corrected chi connectivity index (χ0v) is 11.7. The highest BCUT2D eigenvalue weighted by Crippen LogP contribution is 2.33. The molecule has 18 heavy (non-hydrogen) atoms. The van der Waals surface area contributed by atoms with Crippen LogP contribution in [0.3, 0.4) is 0 Å². The Labute approximate surface area is 108 Å². The van der Waals surface area contributed by atoms with E-state index in [1.54, 1.807) is 0 Å². The van der Waals surface area contributed by atoms with E-state index in [4.69, 9.17) is 0 Å². The second-order valence-corrected chi connectivity index (χ2v) is 5.75. The maximum absolute atomic E-state index is 9.88. The fourth-order valence-electron chi connectivity index (χ4n) is 2.10. The molecule has 1 heterocycles. The summed E-state index contributed by atoms with van der Waals surface area (Å²) in [5.41, 5.74) is 3.95. The smallest absolute Gasteiger partial charge is 0.233 e. The normalized spacial score (nSPS) is 11.8. The second-order valence-electron chi connectivity index (χ2n) is 5.75. The van der Waals surface area contributed by atoms with Gasteiger partial charge in [0, 0.05) is 11.1 Å². The lowest BCUT2D eigenvalue weighted by atomic mass is 10.0. The summed E-state index contributed by atoms with van der Waals surface area (Å²) >= 11 is 0. The minimum absolute atomic E-state index is 0.112. The Hall–Kier alpha value is -1.77. The topological polar surface area (TPSA) is 38.1 Å². The van der Waals surface area contributed by atoms with Gasteiger partial charge in [0.1, 0.15) is 0 Å². The molecule has 1 aromatic carbocycles. The van der Waals surface area contributed by atoms with Gasteiger partial charge in [-0.3, -0.25) is 4.68 Å². The van der Waals surface area contributed by atoms with Gasteiger partial charge in [0.25, 0.3) is 0 Å². The monoisotopic (exact) mass is 244 g/mol. The summed E-state index contributed by atoms with van der Waals surface area (Å²) in [6.45, 7) is 10.2. The molecule has 0 unspecified atom stereocenters. The Morgan fingerprint density at radius 2 is 1.83 bits per heavy atom. The van der Waals surface area contributed by atoms with Crippen molar-refractivity contribution in [2.24, 2.45) is 0 Å². The third-order valence-corrected chi connectivity index (χ3v) is 3.02. The lowest BCUT2D eigenvalue weighted by Crippen LogP contribution is -2.24. The Bertz CT molecular complexity index is 577. The first-order valence-electron chi connectivity index (χ1n) is 6.17. The van der Waals surface area contributed by atoms with E-state index in [0.717, 1.165) is 16.8 Å². The number of aromatic hydroxyl groups is 1. The molecule has 0 bridgehead atoms. The molecule has 2 rings (SSSR count). The van der Waals surface area contributed by atoms with Crippen LogP contribution in [0.15, 0.2) is 24.3 Å². The molecule has 0 spiro atoms. The van der Waals surface area contributed by atoms with Crippen molar-refractivity contribution in [3.05, 3.63) is 35.4 Å². The van der Waals surface area contributed by atoms with Crippen molar-refractivity contribution in [2.75, 3.05) is 0 Å². The van der Waals surface area contributed by atoms with Crippen molar-refractivity contribution in [1.82, 2.24) is 9.78 Å². The predicted molar refractivity (Wildman–Crippen MR) is 73.8 cm³/mol. The summed E-state index contributed by atoms with van der Waals surface area (Å²) < 4.78 is 1.90. The molecule has 96 valence electrons. The van der Waals surface area contributed by atoms with Crippen molar-refractivity contribution >= 4 is 0 Å². The number of hydrogen-bond donors (Lipinski definition) is 1. The summed E-state index contributed by atoms with van der Waals surface area (Å²) in [5.74, 6) is 0.112. The molecule has 0 aliphatic heterocycles. The summed E-state index contributed by atoms with van der Waals surface area (Å²) in [4.78, 5) is 0. The molecule has 0 fully saturated rings. The number of aryl methyl sites for hydroxylation is 1. The van der Waals surface area contributed by atoms with Gasteiger partial charge >= 0.3 is 0 Å². The van der Waals surface area contributed by atoms with Gasteiger partial charge in [-0.2, -0.15) is 0 Å². The van der Waals surface area contributed by atoms with E-state index >= 15 is 0 Å². The number of hydrogen-bond acceptors (Lipinski definition) is 2. The predicted octanol–water partition coefficient (Wildman–Crippen LogP) is 3.63. The van der Waals surface area contributed by atoms with Crippen LogP contribution in [0.5, 0.6) is 5.88 Å². The van der Waals surface area contributed by atoms with E-state index in [0.29, 0.717) is 0 Å². The van der Waals surface area contributed by atoms with E-state index in [1.165, 1.54) is 5.56 Å². The van der Waals surface area contributed by atoms with Crippen LogP contribution in [0.2, 0.25) is 0 Å². The number of nitrogens with zero attached hydrogens (tertiary/aromatic N) is 2. The Morgan fingerprint density at radius 3 is 2.39 bits per heavy atom. The maximum atomic E-state index is 9.88. The summed E-state index contributed by atoms with van der Waals surface area (Å²) in [5, 5.41) is 14.1.